The van der Waals surface area contributed by atoms with Crippen LogP contribution in [0.25, 0.3) is 0 Å². The number of benzene rings is 1. The quantitative estimate of drug-likeness (QED) is 0.874. The molecule has 1 aromatic carbocycles. The summed E-state index contributed by atoms with van der Waals surface area (Å²) in [6.45, 7) is 6.81. The molecule has 0 unspecified atom stereocenters. The predicted octanol–water partition coefficient (Wildman–Crippen LogP) is 2.66. The highest BCUT2D eigenvalue weighted by molar-refractivity contribution is 5.94. The molecule has 1 aromatic heterocycles. The molecule has 134 valence electrons. The lowest BCUT2D eigenvalue weighted by Gasteiger charge is -2.31. The number of likely N-dealkylation sites (tertiary alicyclic amines) is 1. The first-order chi connectivity index (χ1) is 12.1. The largest absolute Gasteiger partial charge is 0.349 e. The number of rotatable bonds is 6. The molecule has 1 fully saturated rings. The minimum absolute atomic E-state index is 0.00859. The van der Waals surface area contributed by atoms with Gasteiger partial charge in [0.05, 0.1) is 6.54 Å². The highest BCUT2D eigenvalue weighted by Crippen LogP contribution is 2.14. The molecule has 1 aliphatic heterocycles. The molecule has 1 amide bonds. The molecule has 6 heteroatoms. The van der Waals surface area contributed by atoms with Crippen LogP contribution < -0.4 is 5.32 Å². The second kappa shape index (κ2) is 8.25. The van der Waals surface area contributed by atoms with Crippen molar-refractivity contribution in [2.45, 2.75) is 45.7 Å². The van der Waals surface area contributed by atoms with Gasteiger partial charge in [0.15, 0.2) is 5.82 Å². The summed E-state index contributed by atoms with van der Waals surface area (Å²) in [5.74, 6) is 2.00. The van der Waals surface area contributed by atoms with Crippen LogP contribution in [0.1, 0.15) is 48.8 Å². The summed E-state index contributed by atoms with van der Waals surface area (Å²) in [7, 11) is 0. The minimum Gasteiger partial charge on any atom is -0.349 e. The van der Waals surface area contributed by atoms with E-state index in [1.807, 2.05) is 30.3 Å². The molecule has 1 saturated heterocycles. The third kappa shape index (κ3) is 5.13. The minimum atomic E-state index is 0.00859. The van der Waals surface area contributed by atoms with Gasteiger partial charge in [-0.25, -0.2) is 0 Å². The Morgan fingerprint density at radius 3 is 2.68 bits per heavy atom. The molecule has 0 atom stereocenters. The maximum Gasteiger partial charge on any atom is 0.251 e. The molecule has 2 heterocycles. The van der Waals surface area contributed by atoms with Gasteiger partial charge in [-0.3, -0.25) is 9.69 Å². The Hall–Kier alpha value is -2.21. The molecule has 1 aliphatic rings. The van der Waals surface area contributed by atoms with E-state index in [4.69, 9.17) is 4.52 Å². The molecule has 2 aromatic rings. The van der Waals surface area contributed by atoms with Crippen molar-refractivity contribution in [1.29, 1.82) is 0 Å². The van der Waals surface area contributed by atoms with Crippen LogP contribution in [0.2, 0.25) is 0 Å². The molecule has 0 saturated carbocycles. The van der Waals surface area contributed by atoms with Crippen molar-refractivity contribution >= 4 is 5.91 Å². The maximum absolute atomic E-state index is 12.2. The number of hydrogen-bond acceptors (Lipinski definition) is 5. The van der Waals surface area contributed by atoms with Gasteiger partial charge in [0.1, 0.15) is 0 Å². The number of carbonyl (C=O) groups excluding carboxylic acids is 1. The van der Waals surface area contributed by atoms with E-state index in [2.05, 4.69) is 34.2 Å². The Morgan fingerprint density at radius 2 is 2.00 bits per heavy atom. The van der Waals surface area contributed by atoms with Gasteiger partial charge in [-0.1, -0.05) is 37.2 Å². The van der Waals surface area contributed by atoms with E-state index in [0.29, 0.717) is 23.9 Å². The third-order valence-corrected chi connectivity index (χ3v) is 4.42. The highest BCUT2D eigenvalue weighted by Gasteiger charge is 2.22. The number of amides is 1. The zero-order valence-corrected chi connectivity index (χ0v) is 14.9. The Balaban J connectivity index is 1.44. The first-order valence-corrected chi connectivity index (χ1v) is 9.00. The van der Waals surface area contributed by atoms with Gasteiger partial charge < -0.3 is 9.84 Å². The van der Waals surface area contributed by atoms with Gasteiger partial charge in [-0.05, 0) is 30.9 Å². The summed E-state index contributed by atoms with van der Waals surface area (Å²) in [6.07, 6.45) is 2.72. The molecule has 0 spiro atoms. The van der Waals surface area contributed by atoms with Crippen molar-refractivity contribution < 1.29 is 9.32 Å². The van der Waals surface area contributed by atoms with Gasteiger partial charge in [0, 0.05) is 31.1 Å². The van der Waals surface area contributed by atoms with E-state index in [0.717, 1.165) is 38.2 Å². The summed E-state index contributed by atoms with van der Waals surface area (Å²) in [5, 5.41) is 7.17. The smallest absolute Gasteiger partial charge is 0.251 e. The zero-order valence-electron chi connectivity index (χ0n) is 14.9. The van der Waals surface area contributed by atoms with Crippen molar-refractivity contribution in [2.24, 2.45) is 5.92 Å². The van der Waals surface area contributed by atoms with Gasteiger partial charge in [-0.2, -0.15) is 4.98 Å². The van der Waals surface area contributed by atoms with E-state index in [-0.39, 0.29) is 11.9 Å². The van der Waals surface area contributed by atoms with E-state index in [1.165, 1.54) is 0 Å². The summed E-state index contributed by atoms with van der Waals surface area (Å²) < 4.78 is 5.34. The number of nitrogens with zero attached hydrogens (tertiary/aromatic N) is 3. The molecule has 3 rings (SSSR count). The van der Waals surface area contributed by atoms with Crippen LogP contribution in [0, 0.1) is 5.92 Å². The van der Waals surface area contributed by atoms with Crippen molar-refractivity contribution in [3.05, 3.63) is 47.6 Å². The Morgan fingerprint density at radius 1 is 1.28 bits per heavy atom. The van der Waals surface area contributed by atoms with Gasteiger partial charge >= 0.3 is 0 Å². The number of piperidine rings is 1. The summed E-state index contributed by atoms with van der Waals surface area (Å²) in [4.78, 5) is 19.0. The van der Waals surface area contributed by atoms with Crippen LogP contribution in [0.4, 0.5) is 0 Å². The molecule has 0 aliphatic carbocycles. The third-order valence-electron chi connectivity index (χ3n) is 4.42. The number of nitrogens with one attached hydrogen (secondary N) is 1. The molecular weight excluding hydrogens is 316 g/mol. The van der Waals surface area contributed by atoms with E-state index in [1.54, 1.807) is 0 Å². The topological polar surface area (TPSA) is 71.3 Å². The van der Waals surface area contributed by atoms with Crippen molar-refractivity contribution in [2.75, 3.05) is 13.1 Å². The standard InChI is InChI=1S/C19H26N4O2/c1-14(2)12-17-21-18(25-22-17)13-23-10-8-16(9-11-23)20-19(24)15-6-4-3-5-7-15/h3-7,14,16H,8-13H2,1-2H3,(H,20,24). The average molecular weight is 342 g/mol. The van der Waals surface area contributed by atoms with Crippen LogP contribution in [0.3, 0.4) is 0 Å². The fourth-order valence-corrected chi connectivity index (χ4v) is 3.09. The van der Waals surface area contributed by atoms with Crippen LogP contribution in [-0.2, 0) is 13.0 Å². The number of aromatic nitrogens is 2. The number of carbonyl (C=O) groups is 1. The lowest BCUT2D eigenvalue weighted by Crippen LogP contribution is -2.44. The van der Waals surface area contributed by atoms with Crippen molar-refractivity contribution in [1.82, 2.24) is 20.4 Å². The van der Waals surface area contributed by atoms with Crippen LogP contribution in [0.15, 0.2) is 34.9 Å². The zero-order chi connectivity index (χ0) is 17.6. The summed E-state index contributed by atoms with van der Waals surface area (Å²) in [6, 6.07) is 9.59. The van der Waals surface area contributed by atoms with Gasteiger partial charge in [0.25, 0.3) is 5.91 Å². The molecule has 0 radical (unpaired) electrons. The number of hydrogen-bond donors (Lipinski definition) is 1. The summed E-state index contributed by atoms with van der Waals surface area (Å²) >= 11 is 0. The van der Waals surface area contributed by atoms with Gasteiger partial charge in [-0.15, -0.1) is 0 Å². The molecule has 6 nitrogen and oxygen atoms in total. The van der Waals surface area contributed by atoms with E-state index >= 15 is 0 Å². The SMILES string of the molecule is CC(C)Cc1noc(CN2CCC(NC(=O)c3ccccc3)CC2)n1. The second-order valence-corrected chi connectivity index (χ2v) is 7.09. The summed E-state index contributed by atoms with van der Waals surface area (Å²) in [5.41, 5.74) is 0.716. The fourth-order valence-electron chi connectivity index (χ4n) is 3.09. The molecule has 1 N–H and O–H groups in total. The fraction of sp³-hybridized carbons (Fsp3) is 0.526. The first kappa shape index (κ1) is 17.6. The van der Waals surface area contributed by atoms with Crippen molar-refractivity contribution in [3.8, 4) is 0 Å². The Bertz CT molecular complexity index is 676. The first-order valence-electron chi connectivity index (χ1n) is 9.00. The lowest BCUT2D eigenvalue weighted by atomic mass is 10.0. The van der Waals surface area contributed by atoms with Crippen LogP contribution in [-0.4, -0.2) is 40.1 Å². The normalized spacial score (nSPS) is 16.3. The second-order valence-electron chi connectivity index (χ2n) is 7.09. The predicted molar refractivity (Wildman–Crippen MR) is 95.0 cm³/mol. The van der Waals surface area contributed by atoms with Crippen molar-refractivity contribution in [3.63, 3.8) is 0 Å². The molecular formula is C19H26N4O2. The molecule has 0 bridgehead atoms. The monoisotopic (exact) mass is 342 g/mol. The lowest BCUT2D eigenvalue weighted by molar-refractivity contribution is 0.0904. The maximum atomic E-state index is 12.2. The highest BCUT2D eigenvalue weighted by atomic mass is 16.5. The Kier molecular flexibility index (Phi) is 5.81. The van der Waals surface area contributed by atoms with E-state index < -0.39 is 0 Å². The van der Waals surface area contributed by atoms with Gasteiger partial charge in [0.2, 0.25) is 5.89 Å². The average Bonchev–Trinajstić information content (AvgIpc) is 3.03. The van der Waals surface area contributed by atoms with E-state index in [9.17, 15) is 4.79 Å². The van der Waals surface area contributed by atoms with Crippen LogP contribution >= 0.6 is 0 Å². The Labute approximate surface area is 148 Å². The van der Waals surface area contributed by atoms with Crippen LogP contribution in [0.5, 0.6) is 0 Å². The molecule has 25 heavy (non-hydrogen) atoms.